The summed E-state index contributed by atoms with van der Waals surface area (Å²) in [5.74, 6) is -1.91. The molecule has 0 bridgehead atoms. The molecule has 1 amide bonds. The van der Waals surface area contributed by atoms with E-state index in [0.717, 1.165) is 12.1 Å². The Morgan fingerprint density at radius 2 is 1.81 bits per heavy atom. The topological polar surface area (TPSA) is 117 Å². The second-order valence-electron chi connectivity index (χ2n) is 7.69. The van der Waals surface area contributed by atoms with Gasteiger partial charge in [0.1, 0.15) is 17.6 Å². The van der Waals surface area contributed by atoms with Crippen LogP contribution in [0.15, 0.2) is 54.9 Å². The molecule has 0 atom stereocenters. The quantitative estimate of drug-likeness (QED) is 0.512. The molecule has 0 radical (unpaired) electrons. The molecule has 9 nitrogen and oxygen atoms in total. The predicted octanol–water partition coefficient (Wildman–Crippen LogP) is 3.38. The van der Waals surface area contributed by atoms with Gasteiger partial charge in [-0.2, -0.15) is 0 Å². The number of ether oxygens (including phenoxy) is 3. The highest BCUT2D eigenvalue weighted by atomic mass is 19.1. The van der Waals surface area contributed by atoms with Gasteiger partial charge in [0.2, 0.25) is 5.88 Å². The number of nitrogens with two attached hydrogens (primary N) is 1. The van der Waals surface area contributed by atoms with Gasteiger partial charge in [-0.05, 0) is 24.3 Å². The molecule has 1 aliphatic rings. The third-order valence-corrected chi connectivity index (χ3v) is 5.36. The highest BCUT2D eigenvalue weighted by Crippen LogP contribution is 2.29. The van der Waals surface area contributed by atoms with Crippen LogP contribution in [0.3, 0.4) is 0 Å². The van der Waals surface area contributed by atoms with Crippen molar-refractivity contribution in [1.82, 2.24) is 9.97 Å². The van der Waals surface area contributed by atoms with Gasteiger partial charge in [0.15, 0.2) is 11.6 Å². The fraction of sp³-hybridized carbons (Fsp3) is 0.280. The van der Waals surface area contributed by atoms with Crippen LogP contribution in [0.4, 0.5) is 14.5 Å². The van der Waals surface area contributed by atoms with Crippen LogP contribution in [0.25, 0.3) is 0 Å². The number of anilines is 1. The lowest BCUT2D eigenvalue weighted by atomic mass is 10.1. The van der Waals surface area contributed by atoms with E-state index in [1.54, 1.807) is 30.5 Å². The summed E-state index contributed by atoms with van der Waals surface area (Å²) in [7, 11) is 2.82. The number of carbonyl (C=O) groups is 2. The van der Waals surface area contributed by atoms with Crippen molar-refractivity contribution in [2.45, 2.75) is 18.9 Å². The summed E-state index contributed by atoms with van der Waals surface area (Å²) in [4.78, 5) is 32.2. The van der Waals surface area contributed by atoms with Crippen LogP contribution in [-0.2, 0) is 4.74 Å². The van der Waals surface area contributed by atoms with Crippen molar-refractivity contribution in [2.24, 2.45) is 5.73 Å². The minimum absolute atomic E-state index is 0.0354. The number of piperidine rings is 1. The summed E-state index contributed by atoms with van der Waals surface area (Å²) in [5, 5.41) is 0. The van der Waals surface area contributed by atoms with Gasteiger partial charge in [0.05, 0.1) is 25.5 Å². The van der Waals surface area contributed by atoms with Gasteiger partial charge >= 0.3 is 5.97 Å². The van der Waals surface area contributed by atoms with Crippen LogP contribution in [0.1, 0.15) is 33.7 Å². The number of nitrogens with zero attached hydrogens (tertiary/aromatic N) is 3. The summed E-state index contributed by atoms with van der Waals surface area (Å²) >= 11 is 0. The molecule has 3 aromatic rings. The number of hydrogen-bond acceptors (Lipinski definition) is 8. The Kier molecular flexibility index (Phi) is 9.09. The smallest absolute Gasteiger partial charge is 0.356 e. The molecule has 0 spiro atoms. The second kappa shape index (κ2) is 12.4. The first-order valence-electron chi connectivity index (χ1n) is 11.0. The monoisotopic (exact) mass is 500 g/mol. The number of pyridine rings is 2. The fourth-order valence-corrected chi connectivity index (χ4v) is 3.54. The molecule has 2 N–H and O–H groups in total. The van der Waals surface area contributed by atoms with Crippen molar-refractivity contribution < 1.29 is 32.6 Å². The SMILES string of the molecule is COC(=O)c1ccccn1.COc1cc(N2CCC(Oc3ccc(F)cc3F)CC2)c(C(N)=O)cn1. The van der Waals surface area contributed by atoms with Gasteiger partial charge in [-0.1, -0.05) is 6.07 Å². The number of amides is 1. The van der Waals surface area contributed by atoms with Crippen molar-refractivity contribution in [3.05, 3.63) is 77.8 Å². The summed E-state index contributed by atoms with van der Waals surface area (Å²) in [6.07, 6.45) is 3.96. The van der Waals surface area contributed by atoms with Gasteiger partial charge in [-0.25, -0.2) is 23.5 Å². The van der Waals surface area contributed by atoms with E-state index < -0.39 is 23.5 Å². The number of primary amides is 1. The first kappa shape index (κ1) is 26.3. The molecule has 190 valence electrons. The van der Waals surface area contributed by atoms with E-state index in [-0.39, 0.29) is 11.9 Å². The molecule has 2 aromatic heterocycles. The Morgan fingerprint density at radius 3 is 2.39 bits per heavy atom. The van der Waals surface area contributed by atoms with E-state index in [2.05, 4.69) is 14.7 Å². The second-order valence-corrected chi connectivity index (χ2v) is 7.69. The van der Waals surface area contributed by atoms with Crippen molar-refractivity contribution >= 4 is 17.6 Å². The van der Waals surface area contributed by atoms with E-state index in [4.69, 9.17) is 15.2 Å². The molecule has 1 aliphatic heterocycles. The highest BCUT2D eigenvalue weighted by Gasteiger charge is 2.25. The van der Waals surface area contributed by atoms with Gasteiger partial charge in [-0.3, -0.25) is 4.79 Å². The van der Waals surface area contributed by atoms with Crippen LogP contribution < -0.4 is 20.1 Å². The molecule has 3 heterocycles. The molecule has 0 saturated carbocycles. The van der Waals surface area contributed by atoms with E-state index >= 15 is 0 Å². The molecule has 0 aliphatic carbocycles. The zero-order valence-corrected chi connectivity index (χ0v) is 19.8. The van der Waals surface area contributed by atoms with Crippen LogP contribution >= 0.6 is 0 Å². The average molecular weight is 501 g/mol. The minimum Gasteiger partial charge on any atom is -0.487 e. The maximum absolute atomic E-state index is 13.7. The van der Waals surface area contributed by atoms with Gasteiger partial charge in [0, 0.05) is 50.5 Å². The minimum atomic E-state index is -0.720. The zero-order valence-electron chi connectivity index (χ0n) is 19.8. The molecule has 11 heteroatoms. The molecular formula is C25H26F2N4O5. The van der Waals surface area contributed by atoms with Gasteiger partial charge < -0.3 is 24.8 Å². The first-order chi connectivity index (χ1) is 17.3. The van der Waals surface area contributed by atoms with E-state index in [1.165, 1.54) is 26.5 Å². The van der Waals surface area contributed by atoms with E-state index in [0.29, 0.717) is 48.8 Å². The number of benzene rings is 1. The Bertz CT molecular complexity index is 1190. The highest BCUT2D eigenvalue weighted by molar-refractivity contribution is 5.98. The van der Waals surface area contributed by atoms with Crippen LogP contribution in [0.5, 0.6) is 11.6 Å². The molecule has 4 rings (SSSR count). The number of methoxy groups -OCH3 is 2. The average Bonchev–Trinajstić information content (AvgIpc) is 2.90. The largest absolute Gasteiger partial charge is 0.487 e. The van der Waals surface area contributed by atoms with E-state index in [9.17, 15) is 18.4 Å². The lowest BCUT2D eigenvalue weighted by molar-refractivity contribution is 0.0594. The summed E-state index contributed by atoms with van der Waals surface area (Å²) in [5.41, 5.74) is 6.73. The summed E-state index contributed by atoms with van der Waals surface area (Å²) in [6.45, 7) is 1.17. The van der Waals surface area contributed by atoms with Crippen LogP contribution in [0, 0.1) is 11.6 Å². The van der Waals surface area contributed by atoms with Crippen LogP contribution in [0.2, 0.25) is 0 Å². The lowest BCUT2D eigenvalue weighted by Gasteiger charge is -2.34. The predicted molar refractivity (Wildman–Crippen MR) is 127 cm³/mol. The standard InChI is InChI=1S/C18H19F2N3O3.C7H7NO2/c1-25-17-9-15(13(10-22-17)18(21)24)23-6-4-12(5-7-23)26-16-3-2-11(19)8-14(16)20;1-10-7(9)6-4-2-3-5-8-6/h2-3,8-10,12H,4-7H2,1H3,(H2,21,24);2-5H,1H3. The maximum Gasteiger partial charge on any atom is 0.356 e. The van der Waals surface area contributed by atoms with Crippen molar-refractivity contribution in [3.63, 3.8) is 0 Å². The number of aromatic nitrogens is 2. The number of rotatable bonds is 6. The molecular weight excluding hydrogens is 474 g/mol. The molecule has 0 unspecified atom stereocenters. The molecule has 1 saturated heterocycles. The normalized spacial score (nSPS) is 13.3. The number of hydrogen-bond donors (Lipinski definition) is 1. The molecule has 36 heavy (non-hydrogen) atoms. The van der Waals surface area contributed by atoms with Gasteiger partial charge in [-0.15, -0.1) is 0 Å². The summed E-state index contributed by atoms with van der Waals surface area (Å²) < 4.78 is 41.9. The fourth-order valence-electron chi connectivity index (χ4n) is 3.54. The lowest BCUT2D eigenvalue weighted by Crippen LogP contribution is -2.39. The zero-order chi connectivity index (χ0) is 26.1. The first-order valence-corrected chi connectivity index (χ1v) is 11.0. The van der Waals surface area contributed by atoms with E-state index in [1.807, 2.05) is 4.90 Å². The van der Waals surface area contributed by atoms with Crippen molar-refractivity contribution in [3.8, 4) is 11.6 Å². The Hall–Kier alpha value is -4.28. The molecule has 1 aromatic carbocycles. The van der Waals surface area contributed by atoms with Crippen molar-refractivity contribution in [1.29, 1.82) is 0 Å². The van der Waals surface area contributed by atoms with Crippen LogP contribution in [-0.4, -0.2) is 55.3 Å². The Morgan fingerprint density at radius 1 is 1.06 bits per heavy atom. The van der Waals surface area contributed by atoms with Gasteiger partial charge in [0.25, 0.3) is 5.91 Å². The maximum atomic E-state index is 13.7. The third-order valence-electron chi connectivity index (χ3n) is 5.36. The molecule has 1 fully saturated rings. The Labute approximate surface area is 206 Å². The number of carbonyl (C=O) groups excluding carboxylic acids is 2. The van der Waals surface area contributed by atoms with Crippen molar-refractivity contribution in [2.75, 3.05) is 32.2 Å². The number of esters is 1. The summed E-state index contributed by atoms with van der Waals surface area (Å²) in [6, 6.07) is 10.00. The number of halogens is 2. The Balaban J connectivity index is 0.000000303. The third kappa shape index (κ3) is 6.87.